The molecule has 9 heavy (non-hydrogen) atoms. The van der Waals surface area contributed by atoms with Crippen molar-refractivity contribution >= 4 is 23.3 Å². The number of rotatable bonds is 3. The summed E-state index contributed by atoms with van der Waals surface area (Å²) in [6, 6.07) is 0. The average Bonchev–Trinajstić information content (AvgIpc) is 1.85. The maximum atomic E-state index is 9.71. The van der Waals surface area contributed by atoms with E-state index in [2.05, 4.69) is 5.32 Å². The van der Waals surface area contributed by atoms with Crippen molar-refractivity contribution in [1.29, 1.82) is 5.41 Å². The molecule has 0 atom stereocenters. The molecule has 0 saturated carbocycles. The van der Waals surface area contributed by atoms with Crippen molar-refractivity contribution in [3.63, 3.8) is 0 Å². The summed E-state index contributed by atoms with van der Waals surface area (Å²) in [6.45, 7) is 2.03. The standard InChI is InChI=1S/C5H10N2OS/c1-2-3-9-5(6)7-4-8/h4H,2-3H2,1H3,(H2,6,7,8). The predicted octanol–water partition coefficient (Wildman–Crippen LogP) is 0.810. The number of carbonyl (C=O) groups excluding carboxylic acids is 1. The van der Waals surface area contributed by atoms with E-state index >= 15 is 0 Å². The lowest BCUT2D eigenvalue weighted by molar-refractivity contribution is -0.108. The molecule has 0 aromatic carbocycles. The SMILES string of the molecule is CCCSC(=N)NC=O. The molecular weight excluding hydrogens is 136 g/mol. The van der Waals surface area contributed by atoms with Crippen LogP contribution in [0.1, 0.15) is 13.3 Å². The zero-order valence-electron chi connectivity index (χ0n) is 5.31. The first kappa shape index (κ1) is 8.49. The van der Waals surface area contributed by atoms with Crippen molar-refractivity contribution in [3.8, 4) is 0 Å². The summed E-state index contributed by atoms with van der Waals surface area (Å²) < 4.78 is 0. The number of hydrogen-bond donors (Lipinski definition) is 2. The van der Waals surface area contributed by atoms with E-state index in [1.54, 1.807) is 0 Å². The van der Waals surface area contributed by atoms with Crippen LogP contribution in [0.5, 0.6) is 0 Å². The molecule has 0 spiro atoms. The van der Waals surface area contributed by atoms with Gasteiger partial charge in [-0.1, -0.05) is 18.7 Å². The van der Waals surface area contributed by atoms with Crippen LogP contribution >= 0.6 is 11.8 Å². The van der Waals surface area contributed by atoms with Gasteiger partial charge >= 0.3 is 0 Å². The first-order valence-corrected chi connectivity index (χ1v) is 3.71. The van der Waals surface area contributed by atoms with Crippen LogP contribution in [-0.4, -0.2) is 17.3 Å². The summed E-state index contributed by atoms with van der Waals surface area (Å²) in [5, 5.41) is 9.49. The fourth-order valence-electron chi connectivity index (χ4n) is 0.299. The zero-order valence-corrected chi connectivity index (χ0v) is 6.12. The molecule has 0 heterocycles. The van der Waals surface area contributed by atoms with Crippen LogP contribution < -0.4 is 5.32 Å². The van der Waals surface area contributed by atoms with Crippen molar-refractivity contribution in [2.45, 2.75) is 13.3 Å². The third-order valence-corrected chi connectivity index (χ3v) is 1.66. The molecule has 0 unspecified atom stereocenters. The highest BCUT2D eigenvalue weighted by atomic mass is 32.2. The lowest BCUT2D eigenvalue weighted by Crippen LogP contribution is -2.16. The van der Waals surface area contributed by atoms with E-state index in [1.807, 2.05) is 6.92 Å². The molecule has 0 saturated heterocycles. The van der Waals surface area contributed by atoms with Gasteiger partial charge in [0.2, 0.25) is 6.41 Å². The van der Waals surface area contributed by atoms with E-state index in [-0.39, 0.29) is 5.17 Å². The number of nitrogens with one attached hydrogen (secondary N) is 2. The maximum absolute atomic E-state index is 9.71. The number of hydrogen-bond acceptors (Lipinski definition) is 3. The van der Waals surface area contributed by atoms with Gasteiger partial charge in [-0.15, -0.1) is 0 Å². The molecule has 2 N–H and O–H groups in total. The Morgan fingerprint density at radius 1 is 1.89 bits per heavy atom. The van der Waals surface area contributed by atoms with Gasteiger partial charge in [-0.05, 0) is 6.42 Å². The maximum Gasteiger partial charge on any atom is 0.213 e. The average molecular weight is 146 g/mol. The Kier molecular flexibility index (Phi) is 5.30. The molecule has 0 aliphatic rings. The van der Waals surface area contributed by atoms with E-state index in [1.165, 1.54) is 11.8 Å². The summed E-state index contributed by atoms with van der Waals surface area (Å²) in [6.07, 6.45) is 1.54. The van der Waals surface area contributed by atoms with Crippen LogP contribution in [0.25, 0.3) is 0 Å². The van der Waals surface area contributed by atoms with Gasteiger partial charge in [0.25, 0.3) is 0 Å². The van der Waals surface area contributed by atoms with E-state index in [0.717, 1.165) is 12.2 Å². The molecule has 1 amide bonds. The zero-order chi connectivity index (χ0) is 7.11. The molecule has 52 valence electrons. The highest BCUT2D eigenvalue weighted by Crippen LogP contribution is 1.99. The quantitative estimate of drug-likeness (QED) is 0.351. The molecule has 0 aromatic rings. The third kappa shape index (κ3) is 5.36. The molecule has 0 rings (SSSR count). The monoisotopic (exact) mass is 146 g/mol. The van der Waals surface area contributed by atoms with Crippen LogP contribution in [0, 0.1) is 5.41 Å². The smallest absolute Gasteiger partial charge is 0.213 e. The highest BCUT2D eigenvalue weighted by molar-refractivity contribution is 8.13. The van der Waals surface area contributed by atoms with E-state index in [9.17, 15) is 4.79 Å². The molecule has 0 radical (unpaired) electrons. The van der Waals surface area contributed by atoms with Gasteiger partial charge in [-0.25, -0.2) is 0 Å². The summed E-state index contributed by atoms with van der Waals surface area (Å²) in [5.41, 5.74) is 0. The van der Waals surface area contributed by atoms with Crippen molar-refractivity contribution in [2.24, 2.45) is 0 Å². The van der Waals surface area contributed by atoms with Gasteiger partial charge in [-0.2, -0.15) is 0 Å². The minimum atomic E-state index is 0.229. The Labute approximate surface area is 58.7 Å². The largest absolute Gasteiger partial charge is 0.308 e. The molecular formula is C5H10N2OS. The Bertz CT molecular complexity index is 105. The van der Waals surface area contributed by atoms with Gasteiger partial charge in [-0.3, -0.25) is 10.2 Å². The van der Waals surface area contributed by atoms with Gasteiger partial charge in [0.05, 0.1) is 0 Å². The molecule has 3 nitrogen and oxygen atoms in total. The first-order valence-electron chi connectivity index (χ1n) is 2.72. The van der Waals surface area contributed by atoms with Crippen LogP contribution in [0.4, 0.5) is 0 Å². The van der Waals surface area contributed by atoms with Crippen LogP contribution in [-0.2, 0) is 4.79 Å². The Morgan fingerprint density at radius 2 is 2.56 bits per heavy atom. The number of carbonyl (C=O) groups is 1. The third-order valence-electron chi connectivity index (χ3n) is 0.641. The fraction of sp³-hybridized carbons (Fsp3) is 0.600. The van der Waals surface area contributed by atoms with Gasteiger partial charge in [0, 0.05) is 5.75 Å². The Balaban J connectivity index is 3.16. The van der Waals surface area contributed by atoms with Gasteiger partial charge in [0.15, 0.2) is 5.17 Å². The minimum Gasteiger partial charge on any atom is -0.308 e. The van der Waals surface area contributed by atoms with E-state index < -0.39 is 0 Å². The van der Waals surface area contributed by atoms with Gasteiger partial charge in [0.1, 0.15) is 0 Å². The summed E-state index contributed by atoms with van der Waals surface area (Å²) >= 11 is 1.34. The fourth-order valence-corrected chi connectivity index (χ4v) is 0.839. The lowest BCUT2D eigenvalue weighted by Gasteiger charge is -1.96. The van der Waals surface area contributed by atoms with Crippen LogP contribution in [0.2, 0.25) is 0 Å². The second-order valence-corrected chi connectivity index (χ2v) is 2.54. The molecule has 0 fully saturated rings. The van der Waals surface area contributed by atoms with E-state index in [4.69, 9.17) is 5.41 Å². The lowest BCUT2D eigenvalue weighted by atomic mass is 10.6. The van der Waals surface area contributed by atoms with Gasteiger partial charge < -0.3 is 5.32 Å². The normalized spacial score (nSPS) is 8.56. The van der Waals surface area contributed by atoms with Crippen molar-refractivity contribution in [2.75, 3.05) is 5.75 Å². The predicted molar refractivity (Wildman–Crippen MR) is 39.7 cm³/mol. The molecule has 0 bridgehead atoms. The summed E-state index contributed by atoms with van der Waals surface area (Å²) in [7, 11) is 0. The molecule has 0 aliphatic carbocycles. The Morgan fingerprint density at radius 3 is 3.00 bits per heavy atom. The minimum absolute atomic E-state index is 0.229. The number of thioether (sulfide) groups is 1. The first-order chi connectivity index (χ1) is 4.31. The molecule has 4 heteroatoms. The summed E-state index contributed by atoms with van der Waals surface area (Å²) in [4.78, 5) is 9.71. The Hall–Kier alpha value is -0.510. The second-order valence-electron chi connectivity index (χ2n) is 1.44. The van der Waals surface area contributed by atoms with Crippen LogP contribution in [0.15, 0.2) is 0 Å². The number of amides is 1. The molecule has 0 aromatic heterocycles. The second kappa shape index (κ2) is 5.62. The summed E-state index contributed by atoms with van der Waals surface area (Å²) in [5.74, 6) is 0.889. The van der Waals surface area contributed by atoms with Crippen LogP contribution in [0.3, 0.4) is 0 Å². The van der Waals surface area contributed by atoms with Crippen molar-refractivity contribution in [1.82, 2.24) is 5.32 Å². The highest BCUT2D eigenvalue weighted by Gasteiger charge is 1.91. The van der Waals surface area contributed by atoms with Crippen molar-refractivity contribution < 1.29 is 4.79 Å². The van der Waals surface area contributed by atoms with Crippen molar-refractivity contribution in [3.05, 3.63) is 0 Å². The number of amidine groups is 1. The topological polar surface area (TPSA) is 53.0 Å². The van der Waals surface area contributed by atoms with E-state index in [0.29, 0.717) is 6.41 Å². The molecule has 0 aliphatic heterocycles.